The van der Waals surface area contributed by atoms with Crippen LogP contribution >= 0.6 is 0 Å². The van der Waals surface area contributed by atoms with Crippen molar-refractivity contribution in [2.75, 3.05) is 26.7 Å². The summed E-state index contributed by atoms with van der Waals surface area (Å²) in [7, 11) is 1.64. The lowest BCUT2D eigenvalue weighted by Gasteiger charge is -2.26. The van der Waals surface area contributed by atoms with Crippen molar-refractivity contribution in [3.05, 3.63) is 65.7 Å². The molecule has 1 aliphatic heterocycles. The SMILES string of the molecule is COc1ccc(C(=O)[C@@H](CN2CCCCCC2)c2ccccc2)cc1. The number of ketones is 1. The molecule has 0 bridgehead atoms. The smallest absolute Gasteiger partial charge is 0.171 e. The van der Waals surface area contributed by atoms with Crippen LogP contribution in [0.15, 0.2) is 54.6 Å². The van der Waals surface area contributed by atoms with Crippen molar-refractivity contribution in [2.24, 2.45) is 0 Å². The van der Waals surface area contributed by atoms with Crippen molar-refractivity contribution in [2.45, 2.75) is 31.6 Å². The average Bonchev–Trinajstić information content (AvgIpc) is 2.95. The van der Waals surface area contributed by atoms with Crippen molar-refractivity contribution in [1.29, 1.82) is 0 Å². The molecule has 3 rings (SSSR count). The Hall–Kier alpha value is -2.13. The van der Waals surface area contributed by atoms with Gasteiger partial charge in [-0.2, -0.15) is 0 Å². The lowest BCUT2D eigenvalue weighted by atomic mass is 9.90. The first kappa shape index (κ1) is 17.7. The summed E-state index contributed by atoms with van der Waals surface area (Å²) in [6.07, 6.45) is 5.08. The Balaban J connectivity index is 1.83. The third-order valence-electron chi connectivity index (χ3n) is 5.03. The summed E-state index contributed by atoms with van der Waals surface area (Å²) in [6, 6.07) is 17.7. The van der Waals surface area contributed by atoms with E-state index in [4.69, 9.17) is 4.74 Å². The highest BCUT2D eigenvalue weighted by molar-refractivity contribution is 6.01. The Morgan fingerprint density at radius 1 is 0.960 bits per heavy atom. The Kier molecular flexibility index (Phi) is 6.24. The van der Waals surface area contributed by atoms with Gasteiger partial charge in [0.1, 0.15) is 5.75 Å². The van der Waals surface area contributed by atoms with Crippen LogP contribution in [0, 0.1) is 0 Å². The van der Waals surface area contributed by atoms with Gasteiger partial charge in [-0.1, -0.05) is 43.2 Å². The molecule has 3 nitrogen and oxygen atoms in total. The maximum Gasteiger partial charge on any atom is 0.171 e. The number of carbonyl (C=O) groups excluding carboxylic acids is 1. The monoisotopic (exact) mass is 337 g/mol. The molecule has 1 aliphatic rings. The van der Waals surface area contributed by atoms with Gasteiger partial charge < -0.3 is 9.64 Å². The van der Waals surface area contributed by atoms with Crippen LogP contribution in [-0.4, -0.2) is 37.4 Å². The Morgan fingerprint density at radius 3 is 2.20 bits per heavy atom. The van der Waals surface area contributed by atoms with Gasteiger partial charge in [-0.15, -0.1) is 0 Å². The first-order valence-electron chi connectivity index (χ1n) is 9.23. The molecular formula is C22H27NO2. The lowest BCUT2D eigenvalue weighted by molar-refractivity contribution is 0.0934. The van der Waals surface area contributed by atoms with E-state index in [0.29, 0.717) is 0 Å². The largest absolute Gasteiger partial charge is 0.497 e. The number of hydrogen-bond acceptors (Lipinski definition) is 3. The quantitative estimate of drug-likeness (QED) is 0.725. The highest BCUT2D eigenvalue weighted by Gasteiger charge is 2.25. The number of likely N-dealkylation sites (tertiary alicyclic amines) is 1. The van der Waals surface area contributed by atoms with Gasteiger partial charge in [0.2, 0.25) is 0 Å². The minimum atomic E-state index is -0.118. The van der Waals surface area contributed by atoms with E-state index in [9.17, 15) is 4.79 Å². The molecule has 3 heteroatoms. The van der Waals surface area contributed by atoms with E-state index in [1.807, 2.05) is 42.5 Å². The van der Waals surface area contributed by atoms with Crippen LogP contribution in [0.1, 0.15) is 47.5 Å². The van der Waals surface area contributed by atoms with Gasteiger partial charge >= 0.3 is 0 Å². The van der Waals surface area contributed by atoms with Crippen molar-refractivity contribution in [1.82, 2.24) is 4.90 Å². The fraction of sp³-hybridized carbons (Fsp3) is 0.409. The highest BCUT2D eigenvalue weighted by Crippen LogP contribution is 2.25. The van der Waals surface area contributed by atoms with Crippen LogP contribution in [0.25, 0.3) is 0 Å². The second-order valence-corrected chi connectivity index (χ2v) is 6.77. The molecule has 1 saturated heterocycles. The minimum absolute atomic E-state index is 0.118. The normalized spacial score (nSPS) is 16.8. The molecule has 0 amide bonds. The van der Waals surface area contributed by atoms with Gasteiger partial charge in [-0.3, -0.25) is 4.79 Å². The molecule has 0 aromatic heterocycles. The Morgan fingerprint density at radius 2 is 1.60 bits per heavy atom. The zero-order chi connectivity index (χ0) is 17.5. The van der Waals surface area contributed by atoms with Crippen LogP contribution in [0.3, 0.4) is 0 Å². The summed E-state index contributed by atoms with van der Waals surface area (Å²) in [6.45, 7) is 2.99. The molecule has 0 spiro atoms. The average molecular weight is 337 g/mol. The molecule has 0 unspecified atom stereocenters. The molecule has 25 heavy (non-hydrogen) atoms. The maximum atomic E-state index is 13.2. The molecular weight excluding hydrogens is 310 g/mol. The summed E-state index contributed by atoms with van der Waals surface area (Å²) in [4.78, 5) is 15.7. The van der Waals surface area contributed by atoms with E-state index >= 15 is 0 Å². The van der Waals surface area contributed by atoms with Gasteiger partial charge in [0.15, 0.2) is 5.78 Å². The van der Waals surface area contributed by atoms with E-state index in [2.05, 4.69) is 17.0 Å². The van der Waals surface area contributed by atoms with Gasteiger partial charge in [0.25, 0.3) is 0 Å². The van der Waals surface area contributed by atoms with Gasteiger partial charge in [0, 0.05) is 12.1 Å². The fourth-order valence-electron chi connectivity index (χ4n) is 3.56. The predicted molar refractivity (Wildman–Crippen MR) is 101 cm³/mol. The third kappa shape index (κ3) is 4.70. The van der Waals surface area contributed by atoms with Gasteiger partial charge in [-0.25, -0.2) is 0 Å². The van der Waals surface area contributed by atoms with E-state index < -0.39 is 0 Å². The first-order valence-corrected chi connectivity index (χ1v) is 9.23. The van der Waals surface area contributed by atoms with Crippen LogP contribution in [0.4, 0.5) is 0 Å². The fourth-order valence-corrected chi connectivity index (χ4v) is 3.56. The lowest BCUT2D eigenvalue weighted by Crippen LogP contribution is -2.33. The molecule has 0 aliphatic carbocycles. The molecule has 0 saturated carbocycles. The van der Waals surface area contributed by atoms with E-state index in [0.717, 1.165) is 36.5 Å². The highest BCUT2D eigenvalue weighted by atomic mass is 16.5. The van der Waals surface area contributed by atoms with E-state index in [1.165, 1.54) is 25.7 Å². The number of ether oxygens (including phenoxy) is 1. The summed E-state index contributed by atoms with van der Waals surface area (Å²) in [5.74, 6) is 0.853. The topological polar surface area (TPSA) is 29.5 Å². The van der Waals surface area contributed by atoms with Gasteiger partial charge in [0.05, 0.1) is 13.0 Å². The van der Waals surface area contributed by atoms with Gasteiger partial charge in [-0.05, 0) is 55.8 Å². The maximum absolute atomic E-state index is 13.2. The summed E-state index contributed by atoms with van der Waals surface area (Å²) >= 11 is 0. The number of carbonyl (C=O) groups is 1. The number of benzene rings is 2. The molecule has 1 atom stereocenters. The molecule has 2 aromatic carbocycles. The van der Waals surface area contributed by atoms with Crippen molar-refractivity contribution in [3.8, 4) is 5.75 Å². The van der Waals surface area contributed by atoms with Crippen molar-refractivity contribution in [3.63, 3.8) is 0 Å². The predicted octanol–water partition coefficient (Wildman–Crippen LogP) is 4.54. The van der Waals surface area contributed by atoms with Crippen LogP contribution in [0.5, 0.6) is 5.75 Å². The molecule has 0 radical (unpaired) electrons. The van der Waals surface area contributed by atoms with Crippen molar-refractivity contribution >= 4 is 5.78 Å². The molecule has 0 N–H and O–H groups in total. The van der Waals surface area contributed by atoms with Crippen LogP contribution in [-0.2, 0) is 0 Å². The van der Waals surface area contributed by atoms with E-state index in [1.54, 1.807) is 7.11 Å². The Labute approximate surface area is 150 Å². The number of Topliss-reactive ketones (excluding diaryl/α,β-unsaturated/α-hetero) is 1. The van der Waals surface area contributed by atoms with Crippen molar-refractivity contribution < 1.29 is 9.53 Å². The molecule has 1 heterocycles. The number of hydrogen-bond donors (Lipinski definition) is 0. The molecule has 132 valence electrons. The summed E-state index contributed by atoms with van der Waals surface area (Å²) < 4.78 is 5.21. The Bertz CT molecular complexity index is 658. The molecule has 1 fully saturated rings. The standard InChI is InChI=1S/C22H27NO2/c1-25-20-13-11-19(12-14-20)22(24)21(18-9-5-4-6-10-18)17-23-15-7-2-3-8-16-23/h4-6,9-14,21H,2-3,7-8,15-17H2,1H3/t21-/m0/s1. The van der Waals surface area contributed by atoms with E-state index in [-0.39, 0.29) is 11.7 Å². The second kappa shape index (κ2) is 8.82. The van der Waals surface area contributed by atoms with Crippen LogP contribution in [0.2, 0.25) is 0 Å². The zero-order valence-corrected chi connectivity index (χ0v) is 15.0. The number of nitrogens with zero attached hydrogens (tertiary/aromatic N) is 1. The second-order valence-electron chi connectivity index (χ2n) is 6.77. The van der Waals surface area contributed by atoms with Crippen LogP contribution < -0.4 is 4.74 Å². The minimum Gasteiger partial charge on any atom is -0.497 e. The third-order valence-corrected chi connectivity index (χ3v) is 5.03. The number of methoxy groups -OCH3 is 1. The zero-order valence-electron chi connectivity index (χ0n) is 15.0. The number of rotatable bonds is 6. The summed E-state index contributed by atoms with van der Waals surface area (Å²) in [5, 5.41) is 0. The summed E-state index contributed by atoms with van der Waals surface area (Å²) in [5.41, 5.74) is 1.86. The first-order chi connectivity index (χ1) is 12.3. The molecule has 2 aromatic rings.